The Morgan fingerprint density at radius 1 is 1.24 bits per heavy atom. The first-order valence-corrected chi connectivity index (χ1v) is 10.7. The Balaban J connectivity index is 1.13. The first kappa shape index (κ1) is 18.6. The second-order valence-corrected chi connectivity index (χ2v) is 9.25. The van der Waals surface area contributed by atoms with E-state index in [0.717, 1.165) is 49.7 Å². The van der Waals surface area contributed by atoms with E-state index in [4.69, 9.17) is 4.74 Å². The number of rotatable bonds is 5. The molecule has 0 amide bonds. The minimum Gasteiger partial charge on any atom is -0.504 e. The molecule has 0 unspecified atom stereocenters. The van der Waals surface area contributed by atoms with Crippen molar-refractivity contribution < 1.29 is 9.84 Å². The molecule has 2 N–H and O–H groups in total. The average Bonchev–Trinajstić information content (AvgIpc) is 3.35. The molecule has 0 bridgehead atoms. The molecular formula is C23H30N4O2. The molecule has 1 aromatic heterocycles. The van der Waals surface area contributed by atoms with Crippen molar-refractivity contribution in [2.75, 3.05) is 19.6 Å². The number of allylic oxidation sites excluding steroid dienone is 1. The van der Waals surface area contributed by atoms with Crippen LogP contribution in [0.3, 0.4) is 0 Å². The third kappa shape index (κ3) is 3.62. The van der Waals surface area contributed by atoms with Crippen LogP contribution in [-0.4, -0.2) is 45.0 Å². The standard InChI is InChI=1S/C23H30N4O2/c1-23(2)12-17-4-3-5-18(22(17)29-23)14-26-10-7-16(8-11-26)13-24-19-15-27-20(21(19)28)6-9-25-27/h3-6,9,16,24,28H,7-8,10-15H2,1-2H3. The van der Waals surface area contributed by atoms with Crippen LogP contribution in [0.1, 0.15) is 43.5 Å². The van der Waals surface area contributed by atoms with Gasteiger partial charge < -0.3 is 15.2 Å². The lowest BCUT2D eigenvalue weighted by atomic mass is 9.96. The highest BCUT2D eigenvalue weighted by molar-refractivity contribution is 5.61. The number of aliphatic hydroxyl groups excluding tert-OH is 1. The number of fused-ring (bicyclic) bond motifs is 2. The summed E-state index contributed by atoms with van der Waals surface area (Å²) in [5.74, 6) is 2.10. The number of para-hydroxylation sites is 1. The molecule has 6 nitrogen and oxygen atoms in total. The highest BCUT2D eigenvalue weighted by atomic mass is 16.5. The number of aliphatic hydroxyl groups is 1. The fraction of sp³-hybridized carbons (Fsp3) is 0.522. The summed E-state index contributed by atoms with van der Waals surface area (Å²) in [5.41, 5.74) is 4.28. The van der Waals surface area contributed by atoms with E-state index in [2.05, 4.69) is 47.4 Å². The second kappa shape index (κ2) is 7.10. The summed E-state index contributed by atoms with van der Waals surface area (Å²) in [5, 5.41) is 18.0. The summed E-state index contributed by atoms with van der Waals surface area (Å²) in [7, 11) is 0. The first-order valence-electron chi connectivity index (χ1n) is 10.7. The van der Waals surface area contributed by atoms with E-state index in [9.17, 15) is 5.11 Å². The summed E-state index contributed by atoms with van der Waals surface area (Å²) in [6.07, 6.45) is 5.07. The second-order valence-electron chi connectivity index (χ2n) is 9.25. The van der Waals surface area contributed by atoms with Gasteiger partial charge in [-0.1, -0.05) is 18.2 Å². The maximum atomic E-state index is 10.3. The van der Waals surface area contributed by atoms with Gasteiger partial charge in [-0.15, -0.1) is 0 Å². The van der Waals surface area contributed by atoms with Crippen molar-refractivity contribution in [3.63, 3.8) is 0 Å². The third-order valence-corrected chi connectivity index (χ3v) is 6.43. The van der Waals surface area contributed by atoms with Crippen LogP contribution >= 0.6 is 0 Å². The van der Waals surface area contributed by atoms with Crippen LogP contribution in [0.25, 0.3) is 5.76 Å². The van der Waals surface area contributed by atoms with Crippen LogP contribution in [0.4, 0.5) is 0 Å². The number of aromatic nitrogens is 2. The predicted octanol–water partition coefficient (Wildman–Crippen LogP) is 3.34. The minimum atomic E-state index is -0.0893. The first-order chi connectivity index (χ1) is 14.0. The number of likely N-dealkylation sites (tertiary alicyclic amines) is 1. The van der Waals surface area contributed by atoms with Crippen molar-refractivity contribution in [2.45, 2.75) is 51.8 Å². The van der Waals surface area contributed by atoms with Crippen LogP contribution in [0.5, 0.6) is 5.75 Å². The van der Waals surface area contributed by atoms with Crippen LogP contribution < -0.4 is 10.1 Å². The van der Waals surface area contributed by atoms with Gasteiger partial charge in [0.15, 0.2) is 5.76 Å². The Kier molecular flexibility index (Phi) is 4.54. The Morgan fingerprint density at radius 3 is 2.86 bits per heavy atom. The molecule has 3 aliphatic rings. The topological polar surface area (TPSA) is 62.5 Å². The molecule has 1 fully saturated rings. The molecule has 2 aromatic rings. The van der Waals surface area contributed by atoms with Gasteiger partial charge in [0, 0.05) is 31.3 Å². The zero-order valence-electron chi connectivity index (χ0n) is 17.3. The molecule has 1 aromatic carbocycles. The maximum absolute atomic E-state index is 10.3. The zero-order valence-corrected chi connectivity index (χ0v) is 17.3. The number of hydrogen-bond acceptors (Lipinski definition) is 5. The van der Waals surface area contributed by atoms with Crippen molar-refractivity contribution in [1.29, 1.82) is 0 Å². The molecule has 0 aliphatic carbocycles. The molecule has 0 atom stereocenters. The average molecular weight is 395 g/mol. The van der Waals surface area contributed by atoms with E-state index < -0.39 is 0 Å². The monoisotopic (exact) mass is 394 g/mol. The lowest BCUT2D eigenvalue weighted by Gasteiger charge is -2.32. The molecule has 0 radical (unpaired) electrons. The Labute approximate surface area is 172 Å². The predicted molar refractivity (Wildman–Crippen MR) is 113 cm³/mol. The zero-order chi connectivity index (χ0) is 20.0. The van der Waals surface area contributed by atoms with Crippen molar-refractivity contribution in [2.24, 2.45) is 5.92 Å². The summed E-state index contributed by atoms with van der Waals surface area (Å²) < 4.78 is 8.08. The molecule has 3 aliphatic heterocycles. The van der Waals surface area contributed by atoms with Gasteiger partial charge in [0.2, 0.25) is 0 Å². The smallest absolute Gasteiger partial charge is 0.161 e. The summed E-state index contributed by atoms with van der Waals surface area (Å²) in [6, 6.07) is 8.44. The lowest BCUT2D eigenvalue weighted by Crippen LogP contribution is -2.37. The fourth-order valence-corrected chi connectivity index (χ4v) is 4.84. The summed E-state index contributed by atoms with van der Waals surface area (Å²) in [6.45, 7) is 9.06. The van der Waals surface area contributed by atoms with Gasteiger partial charge in [-0.3, -0.25) is 9.58 Å². The number of benzene rings is 1. The number of piperidine rings is 1. The number of nitrogens with zero attached hydrogens (tertiary/aromatic N) is 3. The van der Waals surface area contributed by atoms with Crippen molar-refractivity contribution >= 4 is 5.76 Å². The van der Waals surface area contributed by atoms with Crippen LogP contribution in [0.2, 0.25) is 0 Å². The van der Waals surface area contributed by atoms with Crippen molar-refractivity contribution in [3.8, 4) is 5.75 Å². The fourth-order valence-electron chi connectivity index (χ4n) is 4.84. The summed E-state index contributed by atoms with van der Waals surface area (Å²) >= 11 is 0. The van der Waals surface area contributed by atoms with Gasteiger partial charge >= 0.3 is 0 Å². The van der Waals surface area contributed by atoms with Gasteiger partial charge in [-0.05, 0) is 57.3 Å². The van der Waals surface area contributed by atoms with Gasteiger partial charge in [-0.25, -0.2) is 0 Å². The molecular weight excluding hydrogens is 364 g/mol. The lowest BCUT2D eigenvalue weighted by molar-refractivity contribution is 0.132. The van der Waals surface area contributed by atoms with E-state index in [1.165, 1.54) is 24.0 Å². The van der Waals surface area contributed by atoms with Crippen LogP contribution in [-0.2, 0) is 19.5 Å². The normalized spacial score (nSPS) is 21.2. The van der Waals surface area contributed by atoms with Gasteiger partial charge in [0.25, 0.3) is 0 Å². The summed E-state index contributed by atoms with van der Waals surface area (Å²) in [4.78, 5) is 2.54. The Hall–Kier alpha value is -2.47. The van der Waals surface area contributed by atoms with E-state index in [1.807, 2.05) is 10.7 Å². The van der Waals surface area contributed by atoms with Gasteiger partial charge in [0.1, 0.15) is 17.0 Å². The maximum Gasteiger partial charge on any atom is 0.161 e. The molecule has 5 rings (SSSR count). The largest absolute Gasteiger partial charge is 0.504 e. The highest BCUT2D eigenvalue weighted by Crippen LogP contribution is 2.38. The Morgan fingerprint density at radius 2 is 2.07 bits per heavy atom. The molecule has 0 saturated carbocycles. The third-order valence-electron chi connectivity index (χ3n) is 6.43. The highest BCUT2D eigenvalue weighted by Gasteiger charge is 2.32. The Bertz CT molecular complexity index is 938. The molecule has 4 heterocycles. The molecule has 1 saturated heterocycles. The number of hydrogen-bond donors (Lipinski definition) is 2. The molecule has 29 heavy (non-hydrogen) atoms. The van der Waals surface area contributed by atoms with E-state index in [1.54, 1.807) is 6.20 Å². The number of nitrogens with one attached hydrogen (secondary N) is 1. The SMILES string of the molecule is CC1(C)Cc2cccc(CN3CCC(CNC4=C(O)c5ccnn5C4)CC3)c2O1. The van der Waals surface area contributed by atoms with E-state index in [-0.39, 0.29) is 5.60 Å². The van der Waals surface area contributed by atoms with E-state index in [0.29, 0.717) is 18.2 Å². The van der Waals surface area contributed by atoms with Crippen LogP contribution in [0.15, 0.2) is 36.2 Å². The number of ether oxygens (including phenoxy) is 1. The minimum absolute atomic E-state index is 0.0893. The van der Waals surface area contributed by atoms with Crippen LogP contribution in [0, 0.1) is 5.92 Å². The van der Waals surface area contributed by atoms with Crippen molar-refractivity contribution in [1.82, 2.24) is 20.0 Å². The van der Waals surface area contributed by atoms with Gasteiger partial charge in [-0.2, -0.15) is 5.10 Å². The van der Waals surface area contributed by atoms with E-state index >= 15 is 0 Å². The molecule has 6 heteroatoms. The van der Waals surface area contributed by atoms with Crippen molar-refractivity contribution in [3.05, 3.63) is 53.0 Å². The quantitative estimate of drug-likeness (QED) is 0.814. The molecule has 0 spiro atoms. The van der Waals surface area contributed by atoms with Gasteiger partial charge in [0.05, 0.1) is 12.2 Å². The molecule has 154 valence electrons.